The predicted molar refractivity (Wildman–Crippen MR) is 115 cm³/mol. The van der Waals surface area contributed by atoms with Crippen molar-refractivity contribution in [3.05, 3.63) is 71.1 Å². The SMILES string of the molecule is CNC(=O)Oc1cc(Oc2ccc(NC(=O)Nc3ccc(Cl)c(C(F)(F)F)c3)c(F)c2)ccn1. The molecule has 8 nitrogen and oxygen atoms in total. The Balaban J connectivity index is 1.66. The molecule has 1 aromatic heterocycles. The third kappa shape index (κ3) is 6.48. The van der Waals surface area contributed by atoms with E-state index in [-0.39, 0.29) is 28.8 Å². The van der Waals surface area contributed by atoms with Crippen molar-refractivity contribution in [3.8, 4) is 17.4 Å². The zero-order valence-electron chi connectivity index (χ0n) is 17.2. The van der Waals surface area contributed by atoms with E-state index in [1.807, 2.05) is 0 Å². The quantitative estimate of drug-likeness (QED) is 0.372. The van der Waals surface area contributed by atoms with E-state index in [1.54, 1.807) is 0 Å². The van der Waals surface area contributed by atoms with Crippen molar-refractivity contribution in [2.24, 2.45) is 0 Å². The first-order valence-electron chi connectivity index (χ1n) is 9.33. The van der Waals surface area contributed by atoms with Crippen molar-refractivity contribution in [2.45, 2.75) is 6.18 Å². The molecule has 3 aromatic rings. The van der Waals surface area contributed by atoms with Crippen LogP contribution in [-0.2, 0) is 6.18 Å². The number of alkyl halides is 3. The van der Waals surface area contributed by atoms with E-state index in [4.69, 9.17) is 21.1 Å². The molecular formula is C21H15ClF4N4O4. The molecule has 0 aliphatic heterocycles. The topological polar surface area (TPSA) is 102 Å². The number of amides is 3. The molecule has 0 aliphatic carbocycles. The van der Waals surface area contributed by atoms with Crippen LogP contribution < -0.4 is 25.4 Å². The van der Waals surface area contributed by atoms with Gasteiger partial charge in [0.15, 0.2) is 0 Å². The second-order valence-electron chi connectivity index (χ2n) is 6.48. The summed E-state index contributed by atoms with van der Waals surface area (Å²) in [6.45, 7) is 0. The van der Waals surface area contributed by atoms with E-state index >= 15 is 0 Å². The first-order valence-corrected chi connectivity index (χ1v) is 9.70. The summed E-state index contributed by atoms with van der Waals surface area (Å²) in [6.07, 6.45) is -4.14. The average Bonchev–Trinajstić information content (AvgIpc) is 2.76. The number of carbonyl (C=O) groups is 2. The monoisotopic (exact) mass is 498 g/mol. The van der Waals surface area contributed by atoms with E-state index in [9.17, 15) is 27.2 Å². The van der Waals surface area contributed by atoms with Crippen LogP contribution in [0.5, 0.6) is 17.4 Å². The Morgan fingerprint density at radius 1 is 1.00 bits per heavy atom. The number of nitrogens with one attached hydrogen (secondary N) is 3. The average molecular weight is 499 g/mol. The largest absolute Gasteiger partial charge is 0.457 e. The first kappa shape index (κ1) is 24.6. The highest BCUT2D eigenvalue weighted by Gasteiger charge is 2.33. The van der Waals surface area contributed by atoms with E-state index in [0.717, 1.165) is 12.1 Å². The highest BCUT2D eigenvalue weighted by molar-refractivity contribution is 6.31. The van der Waals surface area contributed by atoms with Gasteiger partial charge < -0.3 is 25.4 Å². The Kier molecular flexibility index (Phi) is 7.41. The summed E-state index contributed by atoms with van der Waals surface area (Å²) in [6, 6.07) is 8.07. The molecule has 0 fully saturated rings. The van der Waals surface area contributed by atoms with Gasteiger partial charge in [0.2, 0.25) is 5.88 Å². The number of halogens is 5. The summed E-state index contributed by atoms with van der Waals surface area (Å²) >= 11 is 5.54. The number of aromatic nitrogens is 1. The molecule has 0 radical (unpaired) electrons. The van der Waals surface area contributed by atoms with Crippen LogP contribution in [0.25, 0.3) is 0 Å². The molecule has 3 rings (SSSR count). The van der Waals surface area contributed by atoms with Crippen molar-refractivity contribution in [2.75, 3.05) is 17.7 Å². The molecule has 0 saturated carbocycles. The number of hydrogen-bond acceptors (Lipinski definition) is 5. The van der Waals surface area contributed by atoms with Crippen LogP contribution in [0.15, 0.2) is 54.7 Å². The number of ether oxygens (including phenoxy) is 2. The minimum atomic E-state index is -4.71. The van der Waals surface area contributed by atoms with Crippen LogP contribution in [-0.4, -0.2) is 24.2 Å². The fourth-order valence-electron chi connectivity index (χ4n) is 2.56. The Bertz CT molecular complexity index is 1220. The summed E-state index contributed by atoms with van der Waals surface area (Å²) in [5.74, 6) is -0.693. The Hall–Kier alpha value is -4.06. The highest BCUT2D eigenvalue weighted by Crippen LogP contribution is 2.36. The van der Waals surface area contributed by atoms with Crippen LogP contribution in [0.4, 0.5) is 38.5 Å². The van der Waals surface area contributed by atoms with Gasteiger partial charge in [-0.3, -0.25) is 0 Å². The lowest BCUT2D eigenvalue weighted by Gasteiger charge is -2.13. The summed E-state index contributed by atoms with van der Waals surface area (Å²) in [4.78, 5) is 27.2. The predicted octanol–water partition coefficient (Wildman–Crippen LogP) is 6.05. The van der Waals surface area contributed by atoms with E-state index in [2.05, 4.69) is 20.9 Å². The number of pyridine rings is 1. The molecule has 0 spiro atoms. The van der Waals surface area contributed by atoms with E-state index < -0.39 is 34.7 Å². The van der Waals surface area contributed by atoms with Crippen LogP contribution in [0.1, 0.15) is 5.56 Å². The summed E-state index contributed by atoms with van der Waals surface area (Å²) in [5.41, 5.74) is -1.57. The molecule has 0 atom stereocenters. The first-order chi connectivity index (χ1) is 16.0. The highest BCUT2D eigenvalue weighted by atomic mass is 35.5. The normalized spacial score (nSPS) is 10.9. The third-order valence-corrected chi connectivity index (χ3v) is 4.39. The number of benzene rings is 2. The van der Waals surface area contributed by atoms with Gasteiger partial charge in [-0.05, 0) is 36.4 Å². The molecule has 0 unspecified atom stereocenters. The summed E-state index contributed by atoms with van der Waals surface area (Å²) in [5, 5.41) is 6.09. The number of nitrogens with zero attached hydrogens (tertiary/aromatic N) is 1. The number of anilines is 2. The van der Waals surface area contributed by atoms with Crippen molar-refractivity contribution in [1.82, 2.24) is 10.3 Å². The standard InChI is InChI=1S/C21H15ClF4N4O4/c1-27-20(32)34-18-10-13(6-7-28-18)33-12-3-5-17(16(23)9-12)30-19(31)29-11-2-4-15(22)14(8-11)21(24,25)26/h2-10H,1H3,(H,27,32)(H2,29,30,31). The Labute approximate surface area is 194 Å². The maximum atomic E-state index is 14.4. The molecule has 13 heteroatoms. The van der Waals surface area contributed by atoms with Gasteiger partial charge in [0.25, 0.3) is 0 Å². The minimum absolute atomic E-state index is 0.0491. The second-order valence-corrected chi connectivity index (χ2v) is 6.89. The molecule has 3 N–H and O–H groups in total. The van der Waals surface area contributed by atoms with Crippen LogP contribution >= 0.6 is 11.6 Å². The van der Waals surface area contributed by atoms with Crippen LogP contribution in [0, 0.1) is 5.82 Å². The summed E-state index contributed by atoms with van der Waals surface area (Å²) < 4.78 is 63.7. The minimum Gasteiger partial charge on any atom is -0.457 e. The fourth-order valence-corrected chi connectivity index (χ4v) is 2.78. The van der Waals surface area contributed by atoms with Crippen molar-refractivity contribution < 1.29 is 36.6 Å². The molecule has 3 amide bonds. The van der Waals surface area contributed by atoms with Gasteiger partial charge >= 0.3 is 18.3 Å². The molecule has 0 saturated heterocycles. The van der Waals surface area contributed by atoms with Crippen molar-refractivity contribution in [1.29, 1.82) is 0 Å². The van der Waals surface area contributed by atoms with Crippen LogP contribution in [0.2, 0.25) is 5.02 Å². The lowest BCUT2D eigenvalue weighted by atomic mass is 10.2. The molecule has 0 aliphatic rings. The second kappa shape index (κ2) is 10.3. The maximum Gasteiger partial charge on any atom is 0.417 e. The number of carbonyl (C=O) groups excluding carboxylic acids is 2. The molecule has 1 heterocycles. The lowest BCUT2D eigenvalue weighted by molar-refractivity contribution is -0.137. The Morgan fingerprint density at radius 2 is 1.74 bits per heavy atom. The smallest absolute Gasteiger partial charge is 0.417 e. The molecule has 2 aromatic carbocycles. The fraction of sp³-hybridized carbons (Fsp3) is 0.0952. The Morgan fingerprint density at radius 3 is 2.41 bits per heavy atom. The molecule has 178 valence electrons. The van der Waals surface area contributed by atoms with Crippen molar-refractivity contribution >= 4 is 35.1 Å². The zero-order valence-corrected chi connectivity index (χ0v) is 17.9. The third-order valence-electron chi connectivity index (χ3n) is 4.06. The zero-order chi connectivity index (χ0) is 24.9. The maximum absolute atomic E-state index is 14.4. The van der Waals surface area contributed by atoms with Crippen molar-refractivity contribution in [3.63, 3.8) is 0 Å². The van der Waals surface area contributed by atoms with E-state index in [0.29, 0.717) is 6.07 Å². The van der Waals surface area contributed by atoms with E-state index in [1.165, 1.54) is 43.6 Å². The molecule has 34 heavy (non-hydrogen) atoms. The number of rotatable bonds is 5. The number of urea groups is 1. The summed E-state index contributed by atoms with van der Waals surface area (Å²) in [7, 11) is 1.37. The lowest BCUT2D eigenvalue weighted by Crippen LogP contribution is -2.22. The van der Waals surface area contributed by atoms with Gasteiger partial charge in [-0.25, -0.2) is 19.0 Å². The molecule has 0 bridgehead atoms. The molecular weight excluding hydrogens is 484 g/mol. The van der Waals surface area contributed by atoms with Gasteiger partial charge in [-0.2, -0.15) is 13.2 Å². The van der Waals surface area contributed by atoms with Crippen LogP contribution in [0.3, 0.4) is 0 Å². The van der Waals surface area contributed by atoms with Gasteiger partial charge in [0.1, 0.15) is 17.3 Å². The van der Waals surface area contributed by atoms with Gasteiger partial charge in [0, 0.05) is 31.1 Å². The number of hydrogen-bond donors (Lipinski definition) is 3. The van der Waals surface area contributed by atoms with Gasteiger partial charge in [0.05, 0.1) is 16.3 Å². The van der Waals surface area contributed by atoms with Gasteiger partial charge in [-0.15, -0.1) is 0 Å². The van der Waals surface area contributed by atoms with Gasteiger partial charge in [-0.1, -0.05) is 11.6 Å².